The van der Waals surface area contributed by atoms with Crippen molar-refractivity contribution in [2.45, 2.75) is 19.3 Å². The number of benzene rings is 7. The Bertz CT molecular complexity index is 2410. The predicted octanol–water partition coefficient (Wildman–Crippen LogP) is 12.7. The van der Waals surface area contributed by atoms with Crippen molar-refractivity contribution in [3.8, 4) is 22.3 Å². The minimum Gasteiger partial charge on any atom is -0.308 e. The van der Waals surface area contributed by atoms with Gasteiger partial charge in [0.2, 0.25) is 0 Å². The number of rotatable bonds is 4. The van der Waals surface area contributed by atoms with Crippen LogP contribution in [0.1, 0.15) is 25.0 Å². The topological polar surface area (TPSA) is 3.24 Å². The highest BCUT2D eigenvalue weighted by Crippen LogP contribution is 2.55. The average molecular weight is 594 g/mol. The van der Waals surface area contributed by atoms with Crippen molar-refractivity contribution in [2.75, 3.05) is 4.90 Å². The molecule has 0 atom stereocenters. The Hall–Kier alpha value is -5.18. The van der Waals surface area contributed by atoms with E-state index >= 15 is 0 Å². The smallest absolute Gasteiger partial charge is 0.0640 e. The van der Waals surface area contributed by atoms with Crippen molar-refractivity contribution in [3.05, 3.63) is 163 Å². The maximum Gasteiger partial charge on any atom is 0.0640 e. The molecule has 1 aliphatic rings. The van der Waals surface area contributed by atoms with Crippen LogP contribution >= 0.6 is 11.3 Å². The molecule has 0 radical (unpaired) electrons. The van der Waals surface area contributed by atoms with Gasteiger partial charge in [0.1, 0.15) is 0 Å². The van der Waals surface area contributed by atoms with E-state index in [9.17, 15) is 0 Å². The highest BCUT2D eigenvalue weighted by atomic mass is 32.1. The summed E-state index contributed by atoms with van der Waals surface area (Å²) >= 11 is 1.91. The summed E-state index contributed by atoms with van der Waals surface area (Å²) < 4.78 is 2.65. The molecule has 0 N–H and O–H groups in total. The van der Waals surface area contributed by atoms with Crippen LogP contribution in [0.5, 0.6) is 0 Å². The van der Waals surface area contributed by atoms with E-state index in [1.807, 2.05) is 11.3 Å². The van der Waals surface area contributed by atoms with Gasteiger partial charge in [0.25, 0.3) is 0 Å². The van der Waals surface area contributed by atoms with Gasteiger partial charge in [-0.25, -0.2) is 0 Å². The molecule has 0 fully saturated rings. The van der Waals surface area contributed by atoms with Crippen molar-refractivity contribution in [1.29, 1.82) is 0 Å². The predicted molar refractivity (Wildman–Crippen MR) is 195 cm³/mol. The quantitative estimate of drug-likeness (QED) is 0.196. The first kappa shape index (κ1) is 26.2. The van der Waals surface area contributed by atoms with E-state index in [0.717, 1.165) is 5.69 Å². The number of hydrogen-bond acceptors (Lipinski definition) is 2. The number of nitrogens with zero attached hydrogens (tertiary/aromatic N) is 1. The third-order valence-corrected chi connectivity index (χ3v) is 10.9. The van der Waals surface area contributed by atoms with Gasteiger partial charge in [-0.15, -0.1) is 11.3 Å². The van der Waals surface area contributed by atoms with E-state index in [1.165, 1.54) is 75.7 Å². The summed E-state index contributed by atoms with van der Waals surface area (Å²) in [4.78, 5) is 2.52. The van der Waals surface area contributed by atoms with Crippen LogP contribution in [-0.2, 0) is 5.41 Å². The summed E-state index contributed by atoms with van der Waals surface area (Å²) in [5.74, 6) is 0. The molecule has 2 heteroatoms. The fraction of sp³-hybridized carbons (Fsp3) is 0.0698. The molecule has 0 aliphatic heterocycles. The zero-order chi connectivity index (χ0) is 30.1. The number of fused-ring (bicyclic) bond motifs is 8. The largest absolute Gasteiger partial charge is 0.308 e. The first-order valence-electron chi connectivity index (χ1n) is 15.6. The lowest BCUT2D eigenvalue weighted by Crippen LogP contribution is -2.16. The summed E-state index contributed by atoms with van der Waals surface area (Å²) in [6, 6.07) is 55.7. The summed E-state index contributed by atoms with van der Waals surface area (Å²) in [5, 5.41) is 5.22. The van der Waals surface area contributed by atoms with Gasteiger partial charge in [-0.3, -0.25) is 0 Å². The van der Waals surface area contributed by atoms with E-state index in [1.54, 1.807) is 0 Å². The first-order chi connectivity index (χ1) is 22.1. The highest BCUT2D eigenvalue weighted by molar-refractivity contribution is 7.27. The molecule has 7 aromatic carbocycles. The van der Waals surface area contributed by atoms with Crippen LogP contribution in [0.25, 0.3) is 53.2 Å². The molecule has 0 bridgehead atoms. The van der Waals surface area contributed by atoms with Gasteiger partial charge in [-0.2, -0.15) is 0 Å². The van der Waals surface area contributed by atoms with Gasteiger partial charge < -0.3 is 4.90 Å². The van der Waals surface area contributed by atoms with Gasteiger partial charge in [0.15, 0.2) is 0 Å². The van der Waals surface area contributed by atoms with Crippen LogP contribution in [0.3, 0.4) is 0 Å². The van der Waals surface area contributed by atoms with E-state index in [-0.39, 0.29) is 5.41 Å². The molecular formula is C43H31NS. The van der Waals surface area contributed by atoms with Gasteiger partial charge in [0.05, 0.1) is 16.1 Å². The Morgan fingerprint density at radius 2 is 1.16 bits per heavy atom. The van der Waals surface area contributed by atoms with Crippen LogP contribution in [0.15, 0.2) is 152 Å². The molecule has 1 aliphatic carbocycles. The van der Waals surface area contributed by atoms with Gasteiger partial charge >= 0.3 is 0 Å². The molecule has 45 heavy (non-hydrogen) atoms. The fourth-order valence-corrected chi connectivity index (χ4v) is 8.81. The highest BCUT2D eigenvalue weighted by Gasteiger charge is 2.38. The molecule has 0 unspecified atom stereocenters. The van der Waals surface area contributed by atoms with E-state index in [2.05, 4.69) is 170 Å². The molecule has 0 amide bonds. The summed E-state index contributed by atoms with van der Waals surface area (Å²) in [7, 11) is 0. The van der Waals surface area contributed by atoms with Crippen molar-refractivity contribution < 1.29 is 0 Å². The molecule has 0 saturated heterocycles. The van der Waals surface area contributed by atoms with Gasteiger partial charge in [0, 0.05) is 32.1 Å². The van der Waals surface area contributed by atoms with Crippen LogP contribution in [0.4, 0.5) is 17.1 Å². The Morgan fingerprint density at radius 3 is 2.07 bits per heavy atom. The van der Waals surface area contributed by atoms with Crippen LogP contribution in [-0.4, -0.2) is 0 Å². The average Bonchev–Trinajstić information content (AvgIpc) is 3.59. The van der Waals surface area contributed by atoms with Crippen molar-refractivity contribution >= 4 is 59.3 Å². The lowest BCUT2D eigenvalue weighted by atomic mass is 9.82. The second kappa shape index (κ2) is 9.92. The summed E-state index contributed by atoms with van der Waals surface area (Å²) in [6.45, 7) is 4.72. The molecule has 0 spiro atoms. The Labute approximate surface area is 267 Å². The van der Waals surface area contributed by atoms with Gasteiger partial charge in [-0.05, 0) is 62.9 Å². The van der Waals surface area contributed by atoms with E-state index < -0.39 is 0 Å². The molecule has 1 heterocycles. The SMILES string of the molecule is CC1(C)c2ccccc2-c2c(N(c3cccc(-c4ccccc4)c3)c3cccc4c3sc3c5ccccc5ccc43)cccc21. The maximum absolute atomic E-state index is 2.52. The van der Waals surface area contributed by atoms with Crippen LogP contribution in [0, 0.1) is 0 Å². The molecule has 9 rings (SSSR count). The molecule has 1 aromatic heterocycles. The summed E-state index contributed by atoms with van der Waals surface area (Å²) in [6.07, 6.45) is 0. The lowest BCUT2D eigenvalue weighted by molar-refractivity contribution is 0.660. The minimum atomic E-state index is -0.0813. The molecule has 0 saturated carbocycles. The Morgan fingerprint density at radius 1 is 0.489 bits per heavy atom. The third-order valence-electron chi connectivity index (χ3n) is 9.65. The van der Waals surface area contributed by atoms with Crippen molar-refractivity contribution in [3.63, 3.8) is 0 Å². The van der Waals surface area contributed by atoms with E-state index in [4.69, 9.17) is 0 Å². The standard InChI is InChI=1S/C43H31NS/c1-43(2)36-21-9-8-19-35(36)40-37(43)22-12-23-38(40)44(31-17-10-16-30(27-31)28-13-4-3-5-14-28)39-24-11-20-33-34-26-25-29-15-6-7-18-32(29)41(34)45-42(33)39/h3-27H,1-2H3. The Kier molecular flexibility index (Phi) is 5.78. The minimum absolute atomic E-state index is 0.0813. The number of thiophene rings is 1. The molecule has 214 valence electrons. The van der Waals surface area contributed by atoms with Crippen LogP contribution < -0.4 is 4.90 Å². The maximum atomic E-state index is 2.52. The normalized spacial score (nSPS) is 13.3. The number of anilines is 3. The monoisotopic (exact) mass is 593 g/mol. The second-order valence-corrected chi connectivity index (χ2v) is 13.6. The Balaban J connectivity index is 1.37. The molecule has 8 aromatic rings. The lowest BCUT2D eigenvalue weighted by Gasteiger charge is -2.29. The summed E-state index contributed by atoms with van der Waals surface area (Å²) in [5.41, 5.74) is 11.3. The third kappa shape index (κ3) is 3.92. The van der Waals surface area contributed by atoms with Gasteiger partial charge in [-0.1, -0.05) is 141 Å². The fourth-order valence-electron chi connectivity index (χ4n) is 7.47. The van der Waals surface area contributed by atoms with Crippen molar-refractivity contribution in [2.24, 2.45) is 0 Å². The first-order valence-corrected chi connectivity index (χ1v) is 16.4. The number of hydrogen-bond donors (Lipinski definition) is 0. The molecule has 1 nitrogen and oxygen atoms in total. The zero-order valence-electron chi connectivity index (χ0n) is 25.3. The van der Waals surface area contributed by atoms with E-state index in [0.29, 0.717) is 0 Å². The second-order valence-electron chi connectivity index (χ2n) is 12.5. The zero-order valence-corrected chi connectivity index (χ0v) is 26.1. The van der Waals surface area contributed by atoms with Crippen molar-refractivity contribution in [1.82, 2.24) is 0 Å². The van der Waals surface area contributed by atoms with Crippen LogP contribution in [0.2, 0.25) is 0 Å². The molecular weight excluding hydrogens is 563 g/mol.